The van der Waals surface area contributed by atoms with Crippen LogP contribution >= 0.6 is 0 Å². The Bertz CT molecular complexity index is 3700. The Morgan fingerprint density at radius 1 is 0.500 bits per heavy atom. The van der Waals surface area contributed by atoms with Crippen LogP contribution in [0.4, 0.5) is 0 Å². The van der Waals surface area contributed by atoms with Crippen molar-refractivity contribution in [3.63, 3.8) is 0 Å². The molecule has 0 N–H and O–H groups in total. The van der Waals surface area contributed by atoms with Crippen molar-refractivity contribution in [3.05, 3.63) is 132 Å². The molecule has 0 radical (unpaired) electrons. The highest BCUT2D eigenvalue weighted by Gasteiger charge is 2.49. The summed E-state index contributed by atoms with van der Waals surface area (Å²) in [5, 5.41) is 0. The zero-order chi connectivity index (χ0) is 62.5. The summed E-state index contributed by atoms with van der Waals surface area (Å²) in [5.74, 6) is 0.128. The number of aromatic nitrogens is 12. The summed E-state index contributed by atoms with van der Waals surface area (Å²) in [6.07, 6.45) is 18.6. The van der Waals surface area contributed by atoms with E-state index in [1.54, 1.807) is 87.1 Å². The molecule has 6 aromatic heterocycles. The van der Waals surface area contributed by atoms with Crippen molar-refractivity contribution in [2.45, 2.75) is 144 Å². The van der Waals surface area contributed by atoms with Crippen LogP contribution in [0.15, 0.2) is 84.9 Å². The van der Waals surface area contributed by atoms with Crippen LogP contribution in [0.3, 0.4) is 0 Å². The van der Waals surface area contributed by atoms with Crippen LogP contribution in [0.5, 0.6) is 0 Å². The number of sulfonamides is 2. The fourth-order valence-electron chi connectivity index (χ4n) is 10.5. The van der Waals surface area contributed by atoms with Gasteiger partial charge in [0.25, 0.3) is 5.91 Å². The molecular weight excluding hydrogens is 1160 g/mol. The maximum Gasteiger partial charge on any atom is 0.257 e. The summed E-state index contributed by atoms with van der Waals surface area (Å²) in [6.45, 7) is 25.2. The van der Waals surface area contributed by atoms with Crippen molar-refractivity contribution in [3.8, 4) is 0 Å². The predicted molar refractivity (Wildman–Crippen MR) is 313 cm³/mol. The van der Waals surface area contributed by atoms with Crippen LogP contribution in [-0.2, 0) is 97.8 Å². The summed E-state index contributed by atoms with van der Waals surface area (Å²) < 4.78 is 76.5. The number of hydrogen-bond acceptors (Lipinski definition) is 20. The maximum absolute atomic E-state index is 12.1. The molecule has 26 nitrogen and oxygen atoms in total. The van der Waals surface area contributed by atoms with Gasteiger partial charge in [0.2, 0.25) is 26.0 Å². The molecular formula is C54H74N18O8S4. The number of fused-ring (bicyclic) bond motifs is 6. The number of likely N-dealkylation sites (N-methyl/N-ethyl adjacent to an activating group) is 2. The standard InChI is InChI=1S/2C10H13N3O.C9H13N3O2S.C9H13N3OS.C8H11N3O2S.C8H11N3OS/c1-10(2)5-13(3)9(14)7-4-11-6-12-8(7)10;1-10(2)8-7(4-11-6-12-8)5-13(3)9(10)14;1-9(2)8-7(4-10-6-11-8)5-12(3)15(9,13)14;1-9(2)8-7(4-10-6-11-8)5-12(3)14(9)13;1-8(2)7-6(4-9-5-10-7)14(12,13)11(8)3;1-8(2)7-6(4-9-5-10-7)13(12)11(8)3/h2*4,6H,5H2,1-3H3;4,6H,5H2,1-3H3;4,6H,5H2,1-3H3;4-5H,1-3H3;4-5H,1-3H3. The van der Waals surface area contributed by atoms with Gasteiger partial charge in [-0.2, -0.15) is 8.61 Å². The number of amides is 2. The van der Waals surface area contributed by atoms with Crippen molar-refractivity contribution in [1.82, 2.24) is 86.8 Å². The van der Waals surface area contributed by atoms with Crippen molar-refractivity contribution in [2.75, 3.05) is 48.8 Å². The molecule has 2 unspecified atom stereocenters. The van der Waals surface area contributed by atoms with Crippen molar-refractivity contribution in [2.24, 2.45) is 0 Å². The molecule has 84 heavy (non-hydrogen) atoms. The summed E-state index contributed by atoms with van der Waals surface area (Å²) >= 11 is 0. The first-order valence-electron chi connectivity index (χ1n) is 26.4. The molecule has 12 rings (SSSR count). The molecule has 6 aromatic rings. The average Bonchev–Trinajstić information content (AvgIpc) is 3.07. The van der Waals surface area contributed by atoms with E-state index >= 15 is 0 Å². The Morgan fingerprint density at radius 3 is 1.52 bits per heavy atom. The van der Waals surface area contributed by atoms with Gasteiger partial charge < -0.3 is 9.80 Å². The maximum atomic E-state index is 12.1. The molecule has 0 fully saturated rings. The van der Waals surface area contributed by atoms with E-state index in [2.05, 4.69) is 73.7 Å². The molecule has 2 amide bonds. The highest BCUT2D eigenvalue weighted by molar-refractivity contribution is 7.90. The van der Waals surface area contributed by atoms with Gasteiger partial charge in [-0.05, 0) is 69.2 Å². The van der Waals surface area contributed by atoms with Crippen molar-refractivity contribution < 1.29 is 34.8 Å². The Morgan fingerprint density at radius 2 is 0.964 bits per heavy atom. The second-order valence-corrected chi connectivity index (χ2v) is 32.1. The van der Waals surface area contributed by atoms with Crippen molar-refractivity contribution in [1.29, 1.82) is 0 Å². The smallest absolute Gasteiger partial charge is 0.257 e. The first-order valence-corrected chi connectivity index (χ1v) is 31.5. The summed E-state index contributed by atoms with van der Waals surface area (Å²) in [6, 6.07) is 0. The van der Waals surface area contributed by atoms with E-state index in [0.29, 0.717) is 43.1 Å². The molecule has 0 bridgehead atoms. The van der Waals surface area contributed by atoms with Gasteiger partial charge >= 0.3 is 0 Å². The fraction of sp³-hybridized carbons (Fsp3) is 0.519. The number of nitrogens with zero attached hydrogens (tertiary/aromatic N) is 18. The van der Waals surface area contributed by atoms with Gasteiger partial charge in [-0.25, -0.2) is 93.7 Å². The summed E-state index contributed by atoms with van der Waals surface area (Å²) in [5.41, 5.74) is 6.82. The van der Waals surface area contributed by atoms with Gasteiger partial charge in [-0.1, -0.05) is 13.8 Å². The first kappa shape index (κ1) is 65.0. The van der Waals surface area contributed by atoms with Crippen LogP contribution in [-0.4, -0.2) is 173 Å². The highest BCUT2D eigenvalue weighted by Crippen LogP contribution is 2.42. The normalized spacial score (nSPS) is 22.8. The molecule has 0 saturated heterocycles. The second-order valence-electron chi connectivity index (χ2n) is 23.9. The molecule has 6 aliphatic rings. The molecule has 452 valence electrons. The van der Waals surface area contributed by atoms with Gasteiger partial charge in [0.15, 0.2) is 0 Å². The van der Waals surface area contributed by atoms with E-state index in [4.69, 9.17) is 0 Å². The number of rotatable bonds is 0. The average molecular weight is 1230 g/mol. The third-order valence-electron chi connectivity index (χ3n) is 15.7. The largest absolute Gasteiger partial charge is 0.341 e. The summed E-state index contributed by atoms with van der Waals surface area (Å²) in [4.78, 5) is 76.3. The number of carbonyl (C=O) groups excluding carboxylic acids is 2. The second kappa shape index (κ2) is 23.7. The van der Waals surface area contributed by atoms with Crippen LogP contribution in [0, 0.1) is 0 Å². The Hall–Kier alpha value is -6.54. The zero-order valence-corrected chi connectivity index (χ0v) is 54.0. The lowest BCUT2D eigenvalue weighted by Crippen LogP contribution is -2.46. The number of carbonyl (C=O) groups is 2. The van der Waals surface area contributed by atoms with Crippen LogP contribution in [0.1, 0.15) is 144 Å². The van der Waals surface area contributed by atoms with E-state index in [0.717, 1.165) is 44.4 Å². The van der Waals surface area contributed by atoms with Gasteiger partial charge in [0.1, 0.15) is 69.6 Å². The quantitative estimate of drug-likeness (QED) is 0.208. The Kier molecular flexibility index (Phi) is 18.4. The van der Waals surface area contributed by atoms with Crippen LogP contribution in [0.2, 0.25) is 0 Å². The molecule has 0 aromatic carbocycles. The molecule has 0 aliphatic carbocycles. The van der Waals surface area contributed by atoms with E-state index < -0.39 is 62.5 Å². The molecule has 0 saturated carbocycles. The SMILES string of the molecule is CN1C(C)(C)c2ncncc2S1(=O)=O.CN1CC(C)(C)c2ncncc2C1=O.CN1Cc2cncnc2C(C)(C)C1=O.CN1Cc2cncnc2C(C)(C)S1(=O)=O.CN1Cc2cncnc2C(C)(C)S1=O.CN1S(=O)c2cncnc2C1(C)C. The third-order valence-corrected chi connectivity index (χ3v) is 23.5. The summed E-state index contributed by atoms with van der Waals surface area (Å²) in [7, 11) is 1.62. The van der Waals surface area contributed by atoms with Gasteiger partial charge in [-0.15, -0.1) is 0 Å². The minimum Gasteiger partial charge on any atom is -0.341 e. The predicted octanol–water partition coefficient (Wildman–Crippen LogP) is 3.90. The minimum absolute atomic E-state index is 0.0138. The Balaban J connectivity index is 0.000000145. The topological polar surface area (TPSA) is 311 Å². The van der Waals surface area contributed by atoms with E-state index in [-0.39, 0.29) is 27.7 Å². The Labute approximate surface area is 497 Å². The molecule has 6 aliphatic heterocycles. The third kappa shape index (κ3) is 11.9. The minimum atomic E-state index is -3.38. The van der Waals surface area contributed by atoms with Gasteiger partial charge in [-0.3, -0.25) is 9.59 Å². The van der Waals surface area contributed by atoms with Crippen molar-refractivity contribution >= 4 is 53.8 Å². The lowest BCUT2D eigenvalue weighted by Gasteiger charge is -2.35. The fourth-order valence-corrected chi connectivity index (χ4v) is 16.6. The van der Waals surface area contributed by atoms with Gasteiger partial charge in [0, 0.05) is 122 Å². The van der Waals surface area contributed by atoms with Crippen LogP contribution in [0.25, 0.3) is 0 Å². The molecule has 30 heteroatoms. The van der Waals surface area contributed by atoms with Crippen LogP contribution < -0.4 is 0 Å². The lowest BCUT2D eigenvalue weighted by atomic mass is 9.82. The lowest BCUT2D eigenvalue weighted by molar-refractivity contribution is -0.136. The molecule has 12 heterocycles. The van der Waals surface area contributed by atoms with Gasteiger partial charge in [0.05, 0.1) is 72.1 Å². The van der Waals surface area contributed by atoms with E-state index in [1.165, 1.54) is 52.8 Å². The molecule has 2 atom stereocenters. The zero-order valence-electron chi connectivity index (χ0n) is 50.7. The first-order chi connectivity index (χ1) is 38.9. The number of hydrogen-bond donors (Lipinski definition) is 0. The monoisotopic (exact) mass is 1230 g/mol. The molecule has 0 spiro atoms. The highest BCUT2D eigenvalue weighted by atomic mass is 32.2. The van der Waals surface area contributed by atoms with E-state index in [1.807, 2.05) is 73.8 Å². The van der Waals surface area contributed by atoms with E-state index in [9.17, 15) is 34.8 Å².